The van der Waals surface area contributed by atoms with Gasteiger partial charge in [0.05, 0.1) is 6.61 Å². The number of unbranched alkanes of at least 4 members (excludes halogenated alkanes) is 1. The minimum Gasteiger partial charge on any atom is -0.381 e. The van der Waals surface area contributed by atoms with E-state index >= 15 is 0 Å². The maximum Gasteiger partial charge on any atom is 0.217 e. The number of halogens is 1. The highest BCUT2D eigenvalue weighted by Gasteiger charge is 2.23. The third kappa shape index (κ3) is 9.73. The molecule has 1 fully saturated rings. The van der Waals surface area contributed by atoms with E-state index in [1.165, 1.54) is 5.56 Å². The Morgan fingerprint density at radius 2 is 2.07 bits per heavy atom. The number of guanidine groups is 1. The van der Waals surface area contributed by atoms with E-state index in [1.807, 2.05) is 13.1 Å². The number of nitrogens with one attached hydrogen (secondary N) is 1. The average molecular weight is 502 g/mol. The Morgan fingerprint density at radius 3 is 2.79 bits per heavy atom. The summed E-state index contributed by atoms with van der Waals surface area (Å²) in [6, 6.07) is 10.4. The van der Waals surface area contributed by atoms with Gasteiger partial charge < -0.3 is 20.7 Å². The van der Waals surface area contributed by atoms with Gasteiger partial charge in [0.15, 0.2) is 5.96 Å². The Balaban J connectivity index is 0.00000392. The van der Waals surface area contributed by atoms with Gasteiger partial charge >= 0.3 is 0 Å². The summed E-state index contributed by atoms with van der Waals surface area (Å²) in [7, 11) is 1.81. The zero-order chi connectivity index (χ0) is 19.3. The van der Waals surface area contributed by atoms with Crippen molar-refractivity contribution < 1.29 is 9.53 Å². The lowest BCUT2D eigenvalue weighted by atomic mass is 9.95. The van der Waals surface area contributed by atoms with Gasteiger partial charge in [-0.2, -0.15) is 0 Å². The summed E-state index contributed by atoms with van der Waals surface area (Å²) in [5.74, 6) is 1.05. The largest absolute Gasteiger partial charge is 0.381 e. The number of carbonyl (C=O) groups excluding carboxylic acids is 1. The molecule has 1 aromatic rings. The van der Waals surface area contributed by atoms with Crippen LogP contribution in [0.25, 0.3) is 0 Å². The van der Waals surface area contributed by atoms with Gasteiger partial charge in [0, 0.05) is 39.7 Å². The molecule has 2 rings (SSSR count). The van der Waals surface area contributed by atoms with E-state index in [0.717, 1.165) is 70.9 Å². The highest BCUT2D eigenvalue weighted by Crippen LogP contribution is 2.19. The predicted octanol–water partition coefficient (Wildman–Crippen LogP) is 2.81. The smallest absolute Gasteiger partial charge is 0.217 e. The number of ether oxygens (including phenoxy) is 1. The van der Waals surface area contributed by atoms with Crippen LogP contribution in [0.5, 0.6) is 0 Å². The summed E-state index contributed by atoms with van der Waals surface area (Å²) in [5.41, 5.74) is 6.66. The Hall–Kier alpha value is -1.35. The maximum absolute atomic E-state index is 11.2. The number of aliphatic imine (C=N–C) groups is 1. The van der Waals surface area contributed by atoms with Gasteiger partial charge in [0.25, 0.3) is 0 Å². The highest BCUT2D eigenvalue weighted by molar-refractivity contribution is 14.0. The normalized spacial score (nSPS) is 17.1. The van der Waals surface area contributed by atoms with Crippen LogP contribution in [-0.4, -0.2) is 56.7 Å². The van der Waals surface area contributed by atoms with Crippen LogP contribution in [0.3, 0.4) is 0 Å². The summed E-state index contributed by atoms with van der Waals surface area (Å²) in [4.78, 5) is 17.8. The fourth-order valence-electron chi connectivity index (χ4n) is 3.51. The first-order valence-corrected chi connectivity index (χ1v) is 10.0. The van der Waals surface area contributed by atoms with Crippen LogP contribution in [0.1, 0.15) is 37.7 Å². The second kappa shape index (κ2) is 14.6. The number of hydrogen-bond donors (Lipinski definition) is 2. The van der Waals surface area contributed by atoms with Crippen LogP contribution < -0.4 is 11.1 Å². The monoisotopic (exact) mass is 502 g/mol. The number of carbonyl (C=O) groups is 1. The zero-order valence-electron chi connectivity index (χ0n) is 16.9. The van der Waals surface area contributed by atoms with Crippen LogP contribution in [0.4, 0.5) is 0 Å². The topological polar surface area (TPSA) is 80.0 Å². The molecule has 7 heteroatoms. The lowest BCUT2D eigenvalue weighted by Crippen LogP contribution is -2.47. The molecule has 1 atom stereocenters. The van der Waals surface area contributed by atoms with Crippen LogP contribution in [0.15, 0.2) is 35.3 Å². The van der Waals surface area contributed by atoms with Crippen molar-refractivity contribution in [3.63, 3.8) is 0 Å². The lowest BCUT2D eigenvalue weighted by Gasteiger charge is -2.34. The molecule has 6 nitrogen and oxygen atoms in total. The van der Waals surface area contributed by atoms with Gasteiger partial charge in [-0.3, -0.25) is 9.79 Å². The molecule has 0 radical (unpaired) electrons. The van der Waals surface area contributed by atoms with E-state index in [4.69, 9.17) is 10.5 Å². The summed E-state index contributed by atoms with van der Waals surface area (Å²) in [6.45, 7) is 4.28. The number of nitrogens with zero attached hydrogens (tertiary/aromatic N) is 2. The van der Waals surface area contributed by atoms with E-state index in [9.17, 15) is 4.79 Å². The minimum absolute atomic E-state index is 0. The second-order valence-corrected chi connectivity index (χ2v) is 7.15. The molecule has 0 aromatic heterocycles. The quantitative estimate of drug-likeness (QED) is 0.223. The third-order valence-electron chi connectivity index (χ3n) is 4.90. The van der Waals surface area contributed by atoms with Crippen molar-refractivity contribution in [1.82, 2.24) is 10.2 Å². The van der Waals surface area contributed by atoms with Gasteiger partial charge in [0.2, 0.25) is 5.91 Å². The molecule has 1 unspecified atom stereocenters. The van der Waals surface area contributed by atoms with Gasteiger partial charge in [0.1, 0.15) is 0 Å². The van der Waals surface area contributed by atoms with E-state index in [2.05, 4.69) is 39.5 Å². The fraction of sp³-hybridized carbons (Fsp3) is 0.619. The van der Waals surface area contributed by atoms with Crippen LogP contribution >= 0.6 is 24.0 Å². The van der Waals surface area contributed by atoms with Gasteiger partial charge in [-0.15, -0.1) is 24.0 Å². The van der Waals surface area contributed by atoms with E-state index in [-0.39, 0.29) is 29.9 Å². The molecule has 1 saturated heterocycles. The number of hydrogen-bond acceptors (Lipinski definition) is 3. The summed E-state index contributed by atoms with van der Waals surface area (Å²) >= 11 is 0. The first-order chi connectivity index (χ1) is 13.2. The molecule has 0 saturated carbocycles. The van der Waals surface area contributed by atoms with Crippen LogP contribution in [-0.2, 0) is 16.0 Å². The number of benzene rings is 1. The minimum atomic E-state index is -0.211. The SMILES string of the molecule is CN=C(NCCCCOCCc1ccccc1)N1CCCC(CC(N)=O)C1.I. The van der Waals surface area contributed by atoms with Crippen molar-refractivity contribution in [3.8, 4) is 0 Å². The molecule has 0 bridgehead atoms. The number of nitrogens with two attached hydrogens (primary N) is 1. The number of piperidine rings is 1. The van der Waals surface area contributed by atoms with Gasteiger partial charge in [-0.25, -0.2) is 0 Å². The molecule has 1 aliphatic heterocycles. The molecule has 3 N–H and O–H groups in total. The first-order valence-electron chi connectivity index (χ1n) is 10.0. The van der Waals surface area contributed by atoms with Crippen molar-refractivity contribution in [1.29, 1.82) is 0 Å². The molecular formula is C21H35IN4O2. The van der Waals surface area contributed by atoms with E-state index in [1.54, 1.807) is 0 Å². The molecule has 28 heavy (non-hydrogen) atoms. The van der Waals surface area contributed by atoms with Crippen molar-refractivity contribution in [3.05, 3.63) is 35.9 Å². The summed E-state index contributed by atoms with van der Waals surface area (Å²) in [5, 5.41) is 3.43. The van der Waals surface area contributed by atoms with Crippen LogP contribution in [0.2, 0.25) is 0 Å². The van der Waals surface area contributed by atoms with Crippen LogP contribution in [0, 0.1) is 5.92 Å². The standard InChI is InChI=1S/C21H34N4O2.HI/c1-23-21(25-13-7-10-19(17-25)16-20(22)26)24-12-5-6-14-27-15-11-18-8-3-2-4-9-18;/h2-4,8-9,19H,5-7,10-17H2,1H3,(H2,22,26)(H,23,24);1H. The van der Waals surface area contributed by atoms with E-state index < -0.39 is 0 Å². The molecule has 1 amide bonds. The summed E-state index contributed by atoms with van der Waals surface area (Å²) in [6.07, 6.45) is 5.65. The molecule has 1 heterocycles. The van der Waals surface area contributed by atoms with Crippen molar-refractivity contribution >= 4 is 35.8 Å². The number of amides is 1. The highest BCUT2D eigenvalue weighted by atomic mass is 127. The van der Waals surface area contributed by atoms with Crippen molar-refractivity contribution in [2.75, 3.05) is 39.9 Å². The summed E-state index contributed by atoms with van der Waals surface area (Å²) < 4.78 is 5.73. The number of likely N-dealkylation sites (tertiary alicyclic amines) is 1. The Labute approximate surface area is 186 Å². The number of rotatable bonds is 10. The molecule has 1 aromatic carbocycles. The molecular weight excluding hydrogens is 467 g/mol. The van der Waals surface area contributed by atoms with Gasteiger partial charge in [-0.05, 0) is 43.6 Å². The predicted molar refractivity (Wildman–Crippen MR) is 125 cm³/mol. The molecule has 1 aliphatic rings. The molecule has 158 valence electrons. The Kier molecular flexibility index (Phi) is 12.9. The van der Waals surface area contributed by atoms with Crippen molar-refractivity contribution in [2.45, 2.75) is 38.5 Å². The second-order valence-electron chi connectivity index (χ2n) is 7.15. The third-order valence-corrected chi connectivity index (χ3v) is 4.90. The molecule has 0 aliphatic carbocycles. The van der Waals surface area contributed by atoms with E-state index in [0.29, 0.717) is 12.3 Å². The average Bonchev–Trinajstić information content (AvgIpc) is 2.67. The maximum atomic E-state index is 11.2. The Bertz CT molecular complexity index is 583. The molecule has 0 spiro atoms. The Morgan fingerprint density at radius 1 is 1.29 bits per heavy atom. The van der Waals surface area contributed by atoms with Crippen molar-refractivity contribution in [2.24, 2.45) is 16.6 Å². The van der Waals surface area contributed by atoms with Gasteiger partial charge in [-0.1, -0.05) is 30.3 Å². The fourth-order valence-corrected chi connectivity index (χ4v) is 3.51. The lowest BCUT2D eigenvalue weighted by molar-refractivity contribution is -0.119. The first kappa shape index (κ1) is 24.7. The zero-order valence-corrected chi connectivity index (χ0v) is 19.3. The number of primary amides is 1.